The summed E-state index contributed by atoms with van der Waals surface area (Å²) >= 11 is 0. The molecule has 2 unspecified atom stereocenters. The maximum absolute atomic E-state index is 4.52. The molecule has 0 amide bonds. The molecule has 0 aliphatic heterocycles. The third kappa shape index (κ3) is 1.98. The Balaban J connectivity index is 1.90. The highest BCUT2D eigenvalue weighted by Gasteiger charge is 2.35. The van der Waals surface area contributed by atoms with Crippen LogP contribution in [-0.2, 0) is 0 Å². The van der Waals surface area contributed by atoms with Crippen LogP contribution in [0.5, 0.6) is 0 Å². The molecule has 3 N–H and O–H groups in total. The first-order valence-electron chi connectivity index (χ1n) is 6.53. The molecular formula is C12H18N6. The number of hydrogen-bond acceptors (Lipinski definition) is 5. The van der Waals surface area contributed by atoms with E-state index in [0.29, 0.717) is 12.0 Å². The van der Waals surface area contributed by atoms with Gasteiger partial charge in [-0.15, -0.1) is 0 Å². The maximum Gasteiger partial charge on any atom is 0.226 e. The number of aromatic amines is 1. The minimum Gasteiger partial charge on any atom is -0.366 e. The van der Waals surface area contributed by atoms with Gasteiger partial charge in [-0.25, -0.2) is 0 Å². The monoisotopic (exact) mass is 246 g/mol. The molecule has 6 heteroatoms. The van der Waals surface area contributed by atoms with Gasteiger partial charge in [0.1, 0.15) is 5.82 Å². The van der Waals surface area contributed by atoms with Crippen molar-refractivity contribution in [2.45, 2.75) is 32.7 Å². The Morgan fingerprint density at radius 2 is 2.28 bits per heavy atom. The number of nitrogens with one attached hydrogen (secondary N) is 3. The fourth-order valence-electron chi connectivity index (χ4n) is 2.23. The average Bonchev–Trinajstić information content (AvgIpc) is 2.94. The Kier molecular flexibility index (Phi) is 2.77. The number of nitrogens with zero attached hydrogens (tertiary/aromatic N) is 3. The van der Waals surface area contributed by atoms with Crippen LogP contribution in [0.15, 0.2) is 6.20 Å². The molecule has 96 valence electrons. The van der Waals surface area contributed by atoms with Crippen LogP contribution in [0.25, 0.3) is 11.0 Å². The highest BCUT2D eigenvalue weighted by Crippen LogP contribution is 2.36. The molecule has 2 atom stereocenters. The van der Waals surface area contributed by atoms with Crippen molar-refractivity contribution < 1.29 is 0 Å². The number of fused-ring (bicyclic) bond motifs is 1. The molecule has 0 spiro atoms. The van der Waals surface area contributed by atoms with Crippen molar-refractivity contribution in [3.05, 3.63) is 6.20 Å². The van der Waals surface area contributed by atoms with E-state index in [9.17, 15) is 0 Å². The number of rotatable bonds is 5. The van der Waals surface area contributed by atoms with E-state index in [4.69, 9.17) is 0 Å². The Morgan fingerprint density at radius 3 is 3.00 bits per heavy atom. The minimum atomic E-state index is 0.553. The number of hydrogen-bond donors (Lipinski definition) is 3. The van der Waals surface area contributed by atoms with E-state index >= 15 is 0 Å². The zero-order valence-corrected chi connectivity index (χ0v) is 10.7. The molecule has 3 rings (SSSR count). The van der Waals surface area contributed by atoms with Crippen molar-refractivity contribution in [3.8, 4) is 0 Å². The fraction of sp³-hybridized carbons (Fsp3) is 0.583. The first kappa shape index (κ1) is 11.3. The van der Waals surface area contributed by atoms with Gasteiger partial charge in [0, 0.05) is 12.6 Å². The predicted octanol–water partition coefficient (Wildman–Crippen LogP) is 2.00. The molecule has 1 aliphatic carbocycles. The number of aromatic nitrogens is 4. The second kappa shape index (κ2) is 4.44. The Hall–Kier alpha value is -1.85. The van der Waals surface area contributed by atoms with Crippen LogP contribution >= 0.6 is 0 Å². The maximum atomic E-state index is 4.52. The third-order valence-corrected chi connectivity index (χ3v) is 3.41. The Bertz CT molecular complexity index is 548. The molecule has 0 radical (unpaired) electrons. The third-order valence-electron chi connectivity index (χ3n) is 3.41. The molecule has 0 bridgehead atoms. The molecule has 2 aromatic rings. The van der Waals surface area contributed by atoms with Crippen LogP contribution in [-0.4, -0.2) is 32.8 Å². The summed E-state index contributed by atoms with van der Waals surface area (Å²) in [5.41, 5.74) is 0.775. The minimum absolute atomic E-state index is 0.553. The summed E-state index contributed by atoms with van der Waals surface area (Å²) in [5, 5.41) is 14.5. The van der Waals surface area contributed by atoms with E-state index in [2.05, 4.69) is 37.7 Å². The van der Waals surface area contributed by atoms with E-state index in [1.807, 2.05) is 6.92 Å². The fourth-order valence-corrected chi connectivity index (χ4v) is 2.23. The molecule has 2 heterocycles. The van der Waals surface area contributed by atoms with Crippen molar-refractivity contribution in [3.63, 3.8) is 0 Å². The van der Waals surface area contributed by atoms with Gasteiger partial charge in [-0.2, -0.15) is 15.1 Å². The van der Waals surface area contributed by atoms with E-state index < -0.39 is 0 Å². The van der Waals surface area contributed by atoms with Gasteiger partial charge in [0.25, 0.3) is 0 Å². The normalized spacial score (nSPS) is 22.1. The van der Waals surface area contributed by atoms with E-state index in [1.165, 1.54) is 12.8 Å². The van der Waals surface area contributed by atoms with E-state index in [0.717, 1.165) is 29.3 Å². The predicted molar refractivity (Wildman–Crippen MR) is 71.7 cm³/mol. The van der Waals surface area contributed by atoms with E-state index in [-0.39, 0.29) is 0 Å². The largest absolute Gasteiger partial charge is 0.366 e. The highest BCUT2D eigenvalue weighted by atomic mass is 15.2. The van der Waals surface area contributed by atoms with Crippen LogP contribution in [0.3, 0.4) is 0 Å². The summed E-state index contributed by atoms with van der Waals surface area (Å²) in [6.45, 7) is 5.06. The van der Waals surface area contributed by atoms with Crippen LogP contribution in [0.1, 0.15) is 26.7 Å². The van der Waals surface area contributed by atoms with Crippen molar-refractivity contribution in [1.29, 1.82) is 0 Å². The molecule has 0 aromatic carbocycles. The lowest BCUT2D eigenvalue weighted by Crippen LogP contribution is -2.09. The van der Waals surface area contributed by atoms with Gasteiger partial charge in [-0.05, 0) is 19.3 Å². The Morgan fingerprint density at radius 1 is 1.39 bits per heavy atom. The summed E-state index contributed by atoms with van der Waals surface area (Å²) in [7, 11) is 0. The van der Waals surface area contributed by atoms with Crippen molar-refractivity contribution >= 4 is 22.8 Å². The lowest BCUT2D eigenvalue weighted by atomic mass is 10.3. The second-order valence-electron chi connectivity index (χ2n) is 4.71. The first-order valence-corrected chi connectivity index (χ1v) is 6.53. The summed E-state index contributed by atoms with van der Waals surface area (Å²) < 4.78 is 0. The number of anilines is 2. The highest BCUT2D eigenvalue weighted by molar-refractivity contribution is 5.87. The van der Waals surface area contributed by atoms with Gasteiger partial charge in [0.05, 0.1) is 11.6 Å². The van der Waals surface area contributed by atoms with Gasteiger partial charge in [-0.1, -0.05) is 13.3 Å². The number of H-pyrrole nitrogens is 1. The van der Waals surface area contributed by atoms with Crippen molar-refractivity contribution in [1.82, 2.24) is 20.2 Å². The van der Waals surface area contributed by atoms with Gasteiger partial charge < -0.3 is 10.6 Å². The molecule has 1 saturated carbocycles. The summed E-state index contributed by atoms with van der Waals surface area (Å²) in [6, 6.07) is 0.553. The van der Waals surface area contributed by atoms with Crippen molar-refractivity contribution in [2.75, 3.05) is 17.2 Å². The van der Waals surface area contributed by atoms with Gasteiger partial charge in [0.2, 0.25) is 5.95 Å². The lowest BCUT2D eigenvalue weighted by Gasteiger charge is -2.08. The van der Waals surface area contributed by atoms with Crippen LogP contribution in [0.4, 0.5) is 11.8 Å². The smallest absolute Gasteiger partial charge is 0.226 e. The molecular weight excluding hydrogens is 228 g/mol. The van der Waals surface area contributed by atoms with Crippen LogP contribution in [0, 0.1) is 5.92 Å². The van der Waals surface area contributed by atoms with Crippen LogP contribution in [0.2, 0.25) is 0 Å². The lowest BCUT2D eigenvalue weighted by molar-refractivity contribution is 0.774. The second-order valence-corrected chi connectivity index (χ2v) is 4.71. The van der Waals surface area contributed by atoms with Crippen molar-refractivity contribution in [2.24, 2.45) is 5.92 Å². The average molecular weight is 246 g/mol. The van der Waals surface area contributed by atoms with Crippen LogP contribution < -0.4 is 10.6 Å². The molecule has 2 aromatic heterocycles. The zero-order chi connectivity index (χ0) is 12.5. The summed E-state index contributed by atoms with van der Waals surface area (Å²) in [6.07, 6.45) is 4.23. The standard InChI is InChI=1S/C12H18N6/c1-3-7-5-9(7)15-10-8-6-14-18-11(8)17-12(16-10)13-4-2/h6-7,9H,3-5H2,1-2H3,(H3,13,14,15,16,17,18). The molecule has 0 saturated heterocycles. The Labute approximate surface area is 106 Å². The quantitative estimate of drug-likeness (QED) is 0.752. The molecule has 18 heavy (non-hydrogen) atoms. The molecule has 1 aliphatic rings. The van der Waals surface area contributed by atoms with Gasteiger partial charge in [0.15, 0.2) is 5.65 Å². The summed E-state index contributed by atoms with van der Waals surface area (Å²) in [4.78, 5) is 8.89. The SMILES string of the molecule is CCNc1nc(NC2CC2CC)c2cn[nH]c2n1. The zero-order valence-electron chi connectivity index (χ0n) is 10.7. The summed E-state index contributed by atoms with van der Waals surface area (Å²) in [5.74, 6) is 2.31. The topological polar surface area (TPSA) is 78.5 Å². The van der Waals surface area contributed by atoms with E-state index in [1.54, 1.807) is 6.20 Å². The molecule has 1 fully saturated rings. The molecule has 6 nitrogen and oxygen atoms in total. The first-order chi connectivity index (χ1) is 8.81. The van der Waals surface area contributed by atoms with Gasteiger partial charge >= 0.3 is 0 Å². The van der Waals surface area contributed by atoms with Gasteiger partial charge in [-0.3, -0.25) is 5.10 Å².